The van der Waals surface area contributed by atoms with Gasteiger partial charge in [0.2, 0.25) is 0 Å². The molecule has 0 radical (unpaired) electrons. The van der Waals surface area contributed by atoms with Gasteiger partial charge in [0.05, 0.1) is 16.9 Å². The van der Waals surface area contributed by atoms with Crippen molar-refractivity contribution in [1.82, 2.24) is 4.98 Å². The summed E-state index contributed by atoms with van der Waals surface area (Å²) in [7, 11) is 0. The van der Waals surface area contributed by atoms with Gasteiger partial charge in [-0.3, -0.25) is 0 Å². The molecule has 2 aromatic rings. The third kappa shape index (κ3) is 1.92. The quantitative estimate of drug-likeness (QED) is 0.693. The molecule has 2 nitrogen and oxygen atoms in total. The third-order valence-electron chi connectivity index (χ3n) is 1.69. The molecule has 0 aliphatic rings. The van der Waals surface area contributed by atoms with Crippen LogP contribution >= 0.6 is 15.9 Å². The predicted octanol–water partition coefficient (Wildman–Crippen LogP) is 2.12. The van der Waals surface area contributed by atoms with Gasteiger partial charge in [0.25, 0.3) is 0 Å². The van der Waals surface area contributed by atoms with Gasteiger partial charge in [-0.25, -0.2) is 4.57 Å². The van der Waals surface area contributed by atoms with E-state index in [0.717, 1.165) is 10.3 Å². The second-order valence-electron chi connectivity index (χ2n) is 2.62. The standard InChI is InChI=1S/C10H8BrN2/c11-9-4-5-10(12-8-9)13-6-2-1-3-7-13/h1-8H/q+1. The van der Waals surface area contributed by atoms with Crippen LogP contribution in [0.25, 0.3) is 5.82 Å². The first kappa shape index (κ1) is 8.38. The molecule has 0 aliphatic heterocycles. The van der Waals surface area contributed by atoms with Crippen LogP contribution in [0.5, 0.6) is 0 Å². The fourth-order valence-corrected chi connectivity index (χ4v) is 1.31. The van der Waals surface area contributed by atoms with Crippen molar-refractivity contribution >= 4 is 15.9 Å². The van der Waals surface area contributed by atoms with Crippen molar-refractivity contribution in [2.24, 2.45) is 0 Å². The molecule has 0 amide bonds. The molecule has 0 fully saturated rings. The van der Waals surface area contributed by atoms with Gasteiger partial charge in [0.1, 0.15) is 0 Å². The highest BCUT2D eigenvalue weighted by Gasteiger charge is 2.04. The molecule has 13 heavy (non-hydrogen) atoms. The monoisotopic (exact) mass is 235 g/mol. The highest BCUT2D eigenvalue weighted by atomic mass is 79.9. The van der Waals surface area contributed by atoms with Crippen LogP contribution in [0.4, 0.5) is 0 Å². The highest BCUT2D eigenvalue weighted by molar-refractivity contribution is 9.10. The number of rotatable bonds is 1. The summed E-state index contributed by atoms with van der Waals surface area (Å²) in [5.74, 6) is 0.920. The van der Waals surface area contributed by atoms with E-state index in [0.29, 0.717) is 0 Å². The molecule has 0 saturated carbocycles. The van der Waals surface area contributed by atoms with Crippen LogP contribution in [-0.2, 0) is 0 Å². The Labute approximate surface area is 85.0 Å². The van der Waals surface area contributed by atoms with Crippen LogP contribution in [0.1, 0.15) is 0 Å². The van der Waals surface area contributed by atoms with Gasteiger partial charge in [-0.2, -0.15) is 0 Å². The van der Waals surface area contributed by atoms with Crippen molar-refractivity contribution in [2.75, 3.05) is 0 Å². The smallest absolute Gasteiger partial charge is 0.203 e. The lowest BCUT2D eigenvalue weighted by Gasteiger charge is -1.93. The maximum absolute atomic E-state index is 4.26. The minimum atomic E-state index is 0.920. The Morgan fingerprint density at radius 2 is 1.85 bits per heavy atom. The molecule has 2 rings (SSSR count). The lowest BCUT2D eigenvalue weighted by atomic mass is 10.4. The van der Waals surface area contributed by atoms with E-state index in [2.05, 4.69) is 20.9 Å². The Bertz CT molecular complexity index is 383. The summed E-state index contributed by atoms with van der Waals surface area (Å²) in [6.45, 7) is 0. The van der Waals surface area contributed by atoms with E-state index in [1.165, 1.54) is 0 Å². The van der Waals surface area contributed by atoms with Crippen LogP contribution in [0.3, 0.4) is 0 Å². The fourth-order valence-electron chi connectivity index (χ4n) is 1.07. The van der Waals surface area contributed by atoms with E-state index in [1.54, 1.807) is 6.20 Å². The lowest BCUT2D eigenvalue weighted by Crippen LogP contribution is -2.30. The summed E-state index contributed by atoms with van der Waals surface area (Å²) in [4.78, 5) is 4.26. The number of nitrogens with zero attached hydrogens (tertiary/aromatic N) is 2. The second kappa shape index (κ2) is 3.66. The predicted molar refractivity (Wildman–Crippen MR) is 53.5 cm³/mol. The maximum atomic E-state index is 4.26. The molecule has 0 N–H and O–H groups in total. The molecule has 3 heteroatoms. The Hall–Kier alpha value is -1.22. The molecule has 0 unspecified atom stereocenters. The molecule has 0 atom stereocenters. The molecule has 0 bridgehead atoms. The van der Waals surface area contributed by atoms with Crippen LogP contribution in [0.2, 0.25) is 0 Å². The van der Waals surface area contributed by atoms with E-state index >= 15 is 0 Å². The normalized spacial score (nSPS) is 9.92. The lowest BCUT2D eigenvalue weighted by molar-refractivity contribution is -0.599. The van der Waals surface area contributed by atoms with E-state index in [1.807, 2.05) is 47.3 Å². The first-order chi connectivity index (χ1) is 6.36. The molecule has 0 spiro atoms. The molecular formula is C10H8BrN2+. The number of hydrogen-bond acceptors (Lipinski definition) is 1. The van der Waals surface area contributed by atoms with Gasteiger partial charge >= 0.3 is 5.82 Å². The van der Waals surface area contributed by atoms with Crippen molar-refractivity contribution < 1.29 is 4.57 Å². The summed E-state index contributed by atoms with van der Waals surface area (Å²) in [6, 6.07) is 9.87. The third-order valence-corrected chi connectivity index (χ3v) is 2.16. The number of aromatic nitrogens is 2. The minimum absolute atomic E-state index is 0.920. The Kier molecular flexibility index (Phi) is 2.36. The van der Waals surface area contributed by atoms with Crippen LogP contribution in [0.15, 0.2) is 53.4 Å². The summed E-state index contributed by atoms with van der Waals surface area (Å²) in [6.07, 6.45) is 5.72. The number of pyridine rings is 2. The van der Waals surface area contributed by atoms with Crippen molar-refractivity contribution in [3.63, 3.8) is 0 Å². The van der Waals surface area contributed by atoms with Crippen LogP contribution < -0.4 is 4.57 Å². The summed E-state index contributed by atoms with van der Waals surface area (Å²) in [5.41, 5.74) is 0. The Morgan fingerprint density at radius 3 is 2.46 bits per heavy atom. The second-order valence-corrected chi connectivity index (χ2v) is 3.53. The van der Waals surface area contributed by atoms with E-state index < -0.39 is 0 Å². The summed E-state index contributed by atoms with van der Waals surface area (Å²) in [5, 5.41) is 0. The molecule has 0 saturated heterocycles. The Morgan fingerprint density at radius 1 is 1.08 bits per heavy atom. The van der Waals surface area contributed by atoms with Gasteiger partial charge in [-0.1, -0.05) is 6.07 Å². The average molecular weight is 236 g/mol. The topological polar surface area (TPSA) is 16.8 Å². The summed E-state index contributed by atoms with van der Waals surface area (Å²) < 4.78 is 2.96. The maximum Gasteiger partial charge on any atom is 0.327 e. The Balaban J connectivity index is 2.42. The van der Waals surface area contributed by atoms with Gasteiger partial charge in [0.15, 0.2) is 6.20 Å². The molecule has 0 aliphatic carbocycles. The molecule has 2 aromatic heterocycles. The number of halogens is 1. The van der Waals surface area contributed by atoms with Crippen LogP contribution in [-0.4, -0.2) is 4.98 Å². The van der Waals surface area contributed by atoms with Gasteiger partial charge < -0.3 is 0 Å². The van der Waals surface area contributed by atoms with Gasteiger partial charge in [-0.15, -0.1) is 0 Å². The first-order valence-corrected chi connectivity index (χ1v) is 4.74. The van der Waals surface area contributed by atoms with Crippen molar-refractivity contribution in [3.8, 4) is 5.82 Å². The zero-order chi connectivity index (χ0) is 9.10. The fraction of sp³-hybridized carbons (Fsp3) is 0. The van der Waals surface area contributed by atoms with Gasteiger partial charge in [-0.05, 0) is 39.1 Å². The molecule has 2 heterocycles. The molecule has 64 valence electrons. The van der Waals surface area contributed by atoms with E-state index in [9.17, 15) is 0 Å². The van der Waals surface area contributed by atoms with Crippen molar-refractivity contribution in [2.45, 2.75) is 0 Å². The zero-order valence-electron chi connectivity index (χ0n) is 6.89. The average Bonchev–Trinajstić information content (AvgIpc) is 2.20. The largest absolute Gasteiger partial charge is 0.327 e. The summed E-state index contributed by atoms with van der Waals surface area (Å²) >= 11 is 3.35. The number of hydrogen-bond donors (Lipinski definition) is 0. The molecular weight excluding hydrogens is 228 g/mol. The van der Waals surface area contributed by atoms with Gasteiger partial charge in [0, 0.05) is 6.07 Å². The SMILES string of the molecule is Brc1ccc(-[n+]2ccccc2)nc1. The van der Waals surface area contributed by atoms with Crippen molar-refractivity contribution in [1.29, 1.82) is 0 Å². The van der Waals surface area contributed by atoms with E-state index in [-0.39, 0.29) is 0 Å². The highest BCUT2D eigenvalue weighted by Crippen LogP contribution is 2.06. The van der Waals surface area contributed by atoms with Crippen molar-refractivity contribution in [3.05, 3.63) is 53.4 Å². The van der Waals surface area contributed by atoms with Crippen LogP contribution in [0, 0.1) is 0 Å². The van der Waals surface area contributed by atoms with E-state index in [4.69, 9.17) is 0 Å². The molecule has 0 aromatic carbocycles. The zero-order valence-corrected chi connectivity index (χ0v) is 8.48. The first-order valence-electron chi connectivity index (χ1n) is 3.94. The minimum Gasteiger partial charge on any atom is -0.203 e.